The molecular weight excluding hydrogens is 550 g/mol. The van der Waals surface area contributed by atoms with E-state index in [1.807, 2.05) is 43.3 Å². The second kappa shape index (κ2) is 15.3. The van der Waals surface area contributed by atoms with Gasteiger partial charge in [0.25, 0.3) is 0 Å². The number of nitrogens with one attached hydrogen (secondary N) is 2. The number of aryl methyl sites for hydroxylation is 1. The Hall–Kier alpha value is -4.18. The monoisotopic (exact) mass is 595 g/mol. The smallest absolute Gasteiger partial charge is 0.408 e. The van der Waals surface area contributed by atoms with Crippen LogP contribution in [0, 0.1) is 6.92 Å². The molecule has 3 N–H and O–H groups in total. The SMILES string of the molecule is C=CCN(C(=O)C(CO)NC(=O)OC(C)(C)C)C(C(=O)NC(Cc1ccccc1)C(=O)OC(C)(C)C)c1cccc(C)c1. The van der Waals surface area contributed by atoms with Crippen LogP contribution in [0.3, 0.4) is 0 Å². The molecule has 43 heavy (non-hydrogen) atoms. The van der Waals surface area contributed by atoms with Crippen molar-refractivity contribution in [1.82, 2.24) is 15.5 Å². The second-order valence-corrected chi connectivity index (χ2v) is 12.3. The molecule has 0 saturated carbocycles. The molecule has 10 nitrogen and oxygen atoms in total. The van der Waals surface area contributed by atoms with Crippen LogP contribution in [-0.2, 0) is 30.3 Å². The average molecular weight is 596 g/mol. The molecule has 2 aromatic rings. The standard InChI is InChI=1S/C33H45N3O7/c1-9-18-36(29(39)26(21-37)35-31(41)43-33(6,7)8)27(24-17-13-14-22(2)19-24)28(38)34-25(30(40)42-32(3,4)5)20-23-15-11-10-12-16-23/h9-17,19,25-27,37H,1,18,20-21H2,2-8H3,(H,34,38)(H,35,41). The molecule has 0 aliphatic carbocycles. The lowest BCUT2D eigenvalue weighted by Crippen LogP contribution is -2.56. The van der Waals surface area contributed by atoms with E-state index in [4.69, 9.17) is 9.47 Å². The summed E-state index contributed by atoms with van der Waals surface area (Å²) in [6.45, 7) is 14.9. The summed E-state index contributed by atoms with van der Waals surface area (Å²) in [5, 5.41) is 15.3. The fraction of sp³-hybridized carbons (Fsp3) is 0.455. The van der Waals surface area contributed by atoms with E-state index in [0.29, 0.717) is 5.56 Å². The predicted molar refractivity (Wildman–Crippen MR) is 164 cm³/mol. The number of alkyl carbamates (subject to hydrolysis) is 1. The Morgan fingerprint density at radius 2 is 1.53 bits per heavy atom. The summed E-state index contributed by atoms with van der Waals surface area (Å²) in [7, 11) is 0. The van der Waals surface area contributed by atoms with E-state index in [9.17, 15) is 24.3 Å². The summed E-state index contributed by atoms with van der Waals surface area (Å²) in [4.78, 5) is 55.0. The average Bonchev–Trinajstić information content (AvgIpc) is 2.89. The summed E-state index contributed by atoms with van der Waals surface area (Å²) in [5.41, 5.74) is 0.447. The number of nitrogens with zero attached hydrogens (tertiary/aromatic N) is 1. The molecule has 3 amide bonds. The summed E-state index contributed by atoms with van der Waals surface area (Å²) in [6, 6.07) is 12.5. The Bertz CT molecular complexity index is 1270. The first kappa shape index (κ1) is 35.0. The largest absolute Gasteiger partial charge is 0.458 e. The lowest BCUT2D eigenvalue weighted by Gasteiger charge is -2.34. The van der Waals surface area contributed by atoms with Gasteiger partial charge in [0.1, 0.15) is 29.3 Å². The highest BCUT2D eigenvalue weighted by Crippen LogP contribution is 2.24. The van der Waals surface area contributed by atoms with Crippen LogP contribution in [0.5, 0.6) is 0 Å². The Balaban J connectivity index is 2.52. The van der Waals surface area contributed by atoms with Gasteiger partial charge in [-0.15, -0.1) is 6.58 Å². The van der Waals surface area contributed by atoms with Crippen molar-refractivity contribution >= 4 is 23.9 Å². The number of rotatable bonds is 12. The van der Waals surface area contributed by atoms with E-state index in [0.717, 1.165) is 11.1 Å². The third-order valence-corrected chi connectivity index (χ3v) is 5.99. The number of amides is 3. The van der Waals surface area contributed by atoms with E-state index < -0.39 is 59.8 Å². The number of carbonyl (C=O) groups excluding carboxylic acids is 4. The minimum Gasteiger partial charge on any atom is -0.458 e. The highest BCUT2D eigenvalue weighted by atomic mass is 16.6. The van der Waals surface area contributed by atoms with Crippen molar-refractivity contribution in [3.8, 4) is 0 Å². The number of hydrogen-bond donors (Lipinski definition) is 3. The normalized spacial score (nSPS) is 13.6. The van der Waals surface area contributed by atoms with Gasteiger partial charge in [0.15, 0.2) is 0 Å². The summed E-state index contributed by atoms with van der Waals surface area (Å²) in [6.07, 6.45) is 0.685. The van der Waals surface area contributed by atoms with Crippen LogP contribution in [0.25, 0.3) is 0 Å². The van der Waals surface area contributed by atoms with Crippen molar-refractivity contribution in [3.05, 3.63) is 83.9 Å². The number of esters is 1. The molecule has 0 saturated heterocycles. The molecule has 0 aliphatic rings. The van der Waals surface area contributed by atoms with Gasteiger partial charge < -0.3 is 30.1 Å². The quantitative estimate of drug-likeness (QED) is 0.249. The van der Waals surface area contributed by atoms with Gasteiger partial charge in [0, 0.05) is 13.0 Å². The first-order chi connectivity index (χ1) is 20.0. The summed E-state index contributed by atoms with van der Waals surface area (Å²) >= 11 is 0. The van der Waals surface area contributed by atoms with Crippen LogP contribution in [0.2, 0.25) is 0 Å². The fourth-order valence-electron chi connectivity index (χ4n) is 4.28. The maximum atomic E-state index is 14.1. The first-order valence-electron chi connectivity index (χ1n) is 14.2. The highest BCUT2D eigenvalue weighted by molar-refractivity contribution is 5.94. The Morgan fingerprint density at radius 1 is 0.907 bits per heavy atom. The maximum Gasteiger partial charge on any atom is 0.408 e. The molecule has 0 aromatic heterocycles. The Labute approximate surface area is 254 Å². The first-order valence-corrected chi connectivity index (χ1v) is 14.2. The Morgan fingerprint density at radius 3 is 2.07 bits per heavy atom. The number of hydrogen-bond acceptors (Lipinski definition) is 7. The predicted octanol–water partition coefficient (Wildman–Crippen LogP) is 4.01. The molecular formula is C33H45N3O7. The topological polar surface area (TPSA) is 134 Å². The van der Waals surface area contributed by atoms with Crippen LogP contribution in [0.1, 0.15) is 64.3 Å². The van der Waals surface area contributed by atoms with Gasteiger partial charge in [-0.3, -0.25) is 9.59 Å². The van der Waals surface area contributed by atoms with E-state index in [-0.39, 0.29) is 13.0 Å². The van der Waals surface area contributed by atoms with Crippen LogP contribution in [0.4, 0.5) is 4.79 Å². The number of aliphatic hydroxyl groups is 1. The third-order valence-electron chi connectivity index (χ3n) is 5.99. The third kappa shape index (κ3) is 11.5. The van der Waals surface area contributed by atoms with Gasteiger partial charge in [-0.05, 0) is 59.6 Å². The molecule has 0 radical (unpaired) electrons. The van der Waals surface area contributed by atoms with E-state index in [1.165, 1.54) is 11.0 Å². The molecule has 0 fully saturated rings. The van der Waals surface area contributed by atoms with Gasteiger partial charge >= 0.3 is 12.1 Å². The number of aliphatic hydroxyl groups excluding tert-OH is 1. The van der Waals surface area contributed by atoms with Gasteiger partial charge in [0.2, 0.25) is 11.8 Å². The maximum absolute atomic E-state index is 14.1. The van der Waals surface area contributed by atoms with Crippen molar-refractivity contribution in [3.63, 3.8) is 0 Å². The molecule has 10 heteroatoms. The van der Waals surface area contributed by atoms with Crippen molar-refractivity contribution in [2.75, 3.05) is 13.2 Å². The van der Waals surface area contributed by atoms with Gasteiger partial charge in [-0.1, -0.05) is 66.2 Å². The van der Waals surface area contributed by atoms with Gasteiger partial charge in [-0.25, -0.2) is 9.59 Å². The Kier molecular flexibility index (Phi) is 12.5. The highest BCUT2D eigenvalue weighted by Gasteiger charge is 2.38. The number of ether oxygens (including phenoxy) is 2. The lowest BCUT2D eigenvalue weighted by atomic mass is 9.99. The van der Waals surface area contributed by atoms with Gasteiger partial charge in [0.05, 0.1) is 6.61 Å². The van der Waals surface area contributed by atoms with E-state index in [2.05, 4.69) is 17.2 Å². The van der Waals surface area contributed by atoms with Gasteiger partial charge in [-0.2, -0.15) is 0 Å². The molecule has 0 spiro atoms. The van der Waals surface area contributed by atoms with Crippen molar-refractivity contribution in [1.29, 1.82) is 0 Å². The molecule has 2 rings (SSSR count). The number of benzene rings is 2. The van der Waals surface area contributed by atoms with Crippen LogP contribution < -0.4 is 10.6 Å². The molecule has 234 valence electrons. The van der Waals surface area contributed by atoms with E-state index in [1.54, 1.807) is 59.7 Å². The van der Waals surface area contributed by atoms with Crippen LogP contribution in [-0.4, -0.2) is 70.3 Å². The summed E-state index contributed by atoms with van der Waals surface area (Å²) < 4.78 is 10.9. The number of carbonyl (C=O) groups is 4. The zero-order chi connectivity index (χ0) is 32.4. The van der Waals surface area contributed by atoms with E-state index >= 15 is 0 Å². The second-order valence-electron chi connectivity index (χ2n) is 12.3. The van der Waals surface area contributed by atoms with Crippen molar-refractivity contribution in [2.24, 2.45) is 0 Å². The minimum absolute atomic E-state index is 0.104. The zero-order valence-corrected chi connectivity index (χ0v) is 26.2. The molecule has 3 atom stereocenters. The molecule has 2 aromatic carbocycles. The van der Waals surface area contributed by atoms with Crippen molar-refractivity contribution in [2.45, 2.75) is 84.2 Å². The molecule has 0 aliphatic heterocycles. The molecule has 0 bridgehead atoms. The fourth-order valence-corrected chi connectivity index (χ4v) is 4.28. The molecule has 0 heterocycles. The van der Waals surface area contributed by atoms with Crippen LogP contribution in [0.15, 0.2) is 67.3 Å². The van der Waals surface area contributed by atoms with Crippen LogP contribution >= 0.6 is 0 Å². The lowest BCUT2D eigenvalue weighted by molar-refractivity contribution is -0.159. The van der Waals surface area contributed by atoms with Crippen molar-refractivity contribution < 1.29 is 33.8 Å². The minimum atomic E-state index is -1.42. The molecule has 3 unspecified atom stereocenters. The zero-order valence-electron chi connectivity index (χ0n) is 26.2. The summed E-state index contributed by atoms with van der Waals surface area (Å²) in [5.74, 6) is -2.03.